The van der Waals surface area contributed by atoms with Crippen LogP contribution in [-0.2, 0) is 41.5 Å². The molecule has 3 heterocycles. The van der Waals surface area contributed by atoms with Crippen LogP contribution in [0, 0.1) is 0 Å². The maximum absolute atomic E-state index is 13.1. The lowest BCUT2D eigenvalue weighted by Crippen LogP contribution is -2.38. The molecule has 2 aromatic rings. The standard InChI is InChI=1S/C23H26F6N4O3/c1-35-20(13-31-4-2-3-5-31)19-11-18-12-32(6-7-33(18)30-19)21(34)36-14-15-8-16(22(24,25)26)10-17(9-15)23(27,28)29/h8-11,20H,2-7,12-14H2,1H3. The molecule has 13 heteroatoms. The summed E-state index contributed by atoms with van der Waals surface area (Å²) < 4.78 is 90.8. The zero-order valence-corrected chi connectivity index (χ0v) is 19.5. The van der Waals surface area contributed by atoms with Crippen molar-refractivity contribution in [3.05, 3.63) is 52.3 Å². The van der Waals surface area contributed by atoms with Crippen LogP contribution >= 0.6 is 0 Å². The van der Waals surface area contributed by atoms with E-state index in [1.807, 2.05) is 6.07 Å². The Morgan fingerprint density at radius 1 is 0.972 bits per heavy atom. The number of methoxy groups -OCH3 is 1. The van der Waals surface area contributed by atoms with Crippen LogP contribution in [0.3, 0.4) is 0 Å². The van der Waals surface area contributed by atoms with Gasteiger partial charge in [-0.2, -0.15) is 31.4 Å². The summed E-state index contributed by atoms with van der Waals surface area (Å²) >= 11 is 0. The van der Waals surface area contributed by atoms with Gasteiger partial charge in [0.1, 0.15) is 12.7 Å². The maximum Gasteiger partial charge on any atom is 0.416 e. The first-order chi connectivity index (χ1) is 16.9. The Balaban J connectivity index is 1.40. The van der Waals surface area contributed by atoms with Crippen molar-refractivity contribution in [1.82, 2.24) is 19.6 Å². The summed E-state index contributed by atoms with van der Waals surface area (Å²) in [6.07, 6.45) is -8.73. The average molecular weight is 520 g/mol. The number of alkyl halides is 6. The van der Waals surface area contributed by atoms with Gasteiger partial charge in [-0.15, -0.1) is 0 Å². The summed E-state index contributed by atoms with van der Waals surface area (Å²) in [5.41, 5.74) is -1.85. The molecule has 1 amide bonds. The molecule has 198 valence electrons. The minimum absolute atomic E-state index is 0.0334. The van der Waals surface area contributed by atoms with Crippen LogP contribution < -0.4 is 0 Å². The van der Waals surface area contributed by atoms with Crippen molar-refractivity contribution >= 4 is 6.09 Å². The van der Waals surface area contributed by atoms with Crippen molar-refractivity contribution in [2.45, 2.75) is 51.0 Å². The van der Waals surface area contributed by atoms with Gasteiger partial charge in [-0.05, 0) is 55.8 Å². The number of likely N-dealkylation sites (tertiary alicyclic amines) is 1. The number of hydrogen-bond donors (Lipinski definition) is 0. The Hall–Kier alpha value is -2.80. The largest absolute Gasteiger partial charge is 0.445 e. The highest BCUT2D eigenvalue weighted by Crippen LogP contribution is 2.36. The Morgan fingerprint density at radius 3 is 2.19 bits per heavy atom. The minimum Gasteiger partial charge on any atom is -0.445 e. The van der Waals surface area contributed by atoms with Gasteiger partial charge in [0.15, 0.2) is 0 Å². The number of ether oxygens (including phenoxy) is 2. The summed E-state index contributed by atoms with van der Waals surface area (Å²) in [5.74, 6) is 0. The van der Waals surface area contributed by atoms with Crippen molar-refractivity contribution in [2.24, 2.45) is 0 Å². The zero-order valence-electron chi connectivity index (χ0n) is 19.5. The second-order valence-electron chi connectivity index (χ2n) is 8.91. The summed E-state index contributed by atoms with van der Waals surface area (Å²) in [4.78, 5) is 16.2. The number of aromatic nitrogens is 2. The van der Waals surface area contributed by atoms with Crippen LogP contribution in [-0.4, -0.2) is 59.0 Å². The van der Waals surface area contributed by atoms with Crippen LogP contribution in [0.15, 0.2) is 24.3 Å². The summed E-state index contributed by atoms with van der Waals surface area (Å²) in [6.45, 7) is 2.72. The smallest absolute Gasteiger partial charge is 0.416 e. The molecule has 2 aliphatic heterocycles. The summed E-state index contributed by atoms with van der Waals surface area (Å²) in [5, 5.41) is 4.59. The first-order valence-electron chi connectivity index (χ1n) is 11.5. The fourth-order valence-electron chi connectivity index (χ4n) is 4.43. The van der Waals surface area contributed by atoms with Crippen molar-refractivity contribution < 1.29 is 40.6 Å². The lowest BCUT2D eigenvalue weighted by Gasteiger charge is -2.27. The highest BCUT2D eigenvalue weighted by atomic mass is 19.4. The molecule has 0 radical (unpaired) electrons. The van der Waals surface area contributed by atoms with E-state index in [1.165, 1.54) is 4.90 Å². The fourth-order valence-corrected chi connectivity index (χ4v) is 4.43. The molecule has 7 nitrogen and oxygen atoms in total. The monoisotopic (exact) mass is 520 g/mol. The van der Waals surface area contributed by atoms with Gasteiger partial charge < -0.3 is 19.3 Å². The second-order valence-corrected chi connectivity index (χ2v) is 8.91. The molecule has 0 spiro atoms. The predicted molar refractivity (Wildman–Crippen MR) is 115 cm³/mol. The SMILES string of the molecule is COC(CN1CCCC1)c1cc2n(n1)CCN(C(=O)OCc1cc(C(F)(F)F)cc(C(F)(F)F)c1)C2. The Morgan fingerprint density at radius 2 is 1.61 bits per heavy atom. The lowest BCUT2D eigenvalue weighted by molar-refractivity contribution is -0.143. The van der Waals surface area contributed by atoms with E-state index in [0.717, 1.165) is 37.3 Å². The molecule has 36 heavy (non-hydrogen) atoms. The molecule has 0 N–H and O–H groups in total. The Kier molecular flexibility index (Phi) is 7.51. The number of carbonyl (C=O) groups excluding carboxylic acids is 1. The van der Waals surface area contributed by atoms with Crippen LogP contribution in [0.25, 0.3) is 0 Å². The fraction of sp³-hybridized carbons (Fsp3) is 0.565. The van der Waals surface area contributed by atoms with Gasteiger partial charge in [-0.1, -0.05) is 0 Å². The molecule has 4 rings (SSSR count). The molecular formula is C23H26F6N4O3. The third-order valence-corrected chi connectivity index (χ3v) is 6.32. The van der Waals surface area contributed by atoms with Gasteiger partial charge in [0, 0.05) is 20.2 Å². The van der Waals surface area contributed by atoms with Gasteiger partial charge in [-0.3, -0.25) is 4.68 Å². The molecule has 2 aliphatic rings. The quantitative estimate of drug-likeness (QED) is 0.510. The maximum atomic E-state index is 13.1. The molecule has 1 unspecified atom stereocenters. The molecule has 1 aromatic carbocycles. The third-order valence-electron chi connectivity index (χ3n) is 6.32. The third kappa shape index (κ3) is 6.12. The normalized spacial score (nSPS) is 17.8. The first kappa shape index (κ1) is 26.3. The lowest BCUT2D eigenvalue weighted by atomic mass is 10.1. The molecule has 0 bridgehead atoms. The van der Waals surface area contributed by atoms with Gasteiger partial charge in [-0.25, -0.2) is 4.79 Å². The molecule has 1 aromatic heterocycles. The number of fused-ring (bicyclic) bond motifs is 1. The first-order valence-corrected chi connectivity index (χ1v) is 11.5. The summed E-state index contributed by atoms with van der Waals surface area (Å²) in [6, 6.07) is 2.97. The second kappa shape index (κ2) is 10.3. The van der Waals surface area contributed by atoms with E-state index in [4.69, 9.17) is 9.47 Å². The van der Waals surface area contributed by atoms with Gasteiger partial charge >= 0.3 is 18.4 Å². The molecule has 1 atom stereocenters. The highest BCUT2D eigenvalue weighted by Gasteiger charge is 2.37. The molecule has 0 saturated carbocycles. The average Bonchev–Trinajstić information content (AvgIpc) is 3.48. The number of amides is 1. The Labute approximate surface area is 203 Å². The minimum atomic E-state index is -4.97. The highest BCUT2D eigenvalue weighted by molar-refractivity contribution is 5.67. The number of carbonyl (C=O) groups is 1. The van der Waals surface area contributed by atoms with Crippen LogP contribution in [0.2, 0.25) is 0 Å². The van der Waals surface area contributed by atoms with Gasteiger partial charge in [0.05, 0.1) is 35.6 Å². The van der Waals surface area contributed by atoms with Crippen molar-refractivity contribution in [2.75, 3.05) is 33.3 Å². The number of halogens is 6. The van der Waals surface area contributed by atoms with Crippen LogP contribution in [0.5, 0.6) is 0 Å². The topological polar surface area (TPSA) is 59.8 Å². The van der Waals surface area contributed by atoms with Gasteiger partial charge in [0.2, 0.25) is 0 Å². The molecule has 1 fully saturated rings. The van der Waals surface area contributed by atoms with E-state index in [2.05, 4.69) is 10.00 Å². The Bertz CT molecular complexity index is 1050. The van der Waals surface area contributed by atoms with Crippen molar-refractivity contribution in [3.8, 4) is 0 Å². The van der Waals surface area contributed by atoms with E-state index in [1.54, 1.807) is 11.8 Å². The predicted octanol–water partition coefficient (Wildman–Crippen LogP) is 4.86. The number of benzene rings is 1. The molecule has 0 aliphatic carbocycles. The van der Waals surface area contributed by atoms with E-state index in [9.17, 15) is 31.1 Å². The molecular weight excluding hydrogens is 494 g/mol. The van der Waals surface area contributed by atoms with E-state index in [0.29, 0.717) is 25.2 Å². The number of hydrogen-bond acceptors (Lipinski definition) is 5. The van der Waals surface area contributed by atoms with Gasteiger partial charge in [0.25, 0.3) is 0 Å². The van der Waals surface area contributed by atoms with E-state index >= 15 is 0 Å². The molecule has 1 saturated heterocycles. The summed E-state index contributed by atoms with van der Waals surface area (Å²) in [7, 11) is 1.61. The van der Waals surface area contributed by atoms with Crippen LogP contribution in [0.4, 0.5) is 31.1 Å². The number of nitrogens with zero attached hydrogens (tertiary/aromatic N) is 4. The zero-order chi connectivity index (χ0) is 26.1. The van der Waals surface area contributed by atoms with Crippen molar-refractivity contribution in [3.63, 3.8) is 0 Å². The van der Waals surface area contributed by atoms with Crippen LogP contribution in [0.1, 0.15) is 47.0 Å². The van der Waals surface area contributed by atoms with Crippen molar-refractivity contribution in [1.29, 1.82) is 0 Å². The van der Waals surface area contributed by atoms with E-state index in [-0.39, 0.29) is 25.3 Å². The number of rotatable bonds is 6. The van der Waals surface area contributed by atoms with E-state index < -0.39 is 41.7 Å².